The van der Waals surface area contributed by atoms with Gasteiger partial charge in [-0.2, -0.15) is 0 Å². The van der Waals surface area contributed by atoms with Crippen molar-refractivity contribution in [3.63, 3.8) is 0 Å². The molecule has 0 fully saturated rings. The number of aryl methyl sites for hydroxylation is 2. The van der Waals surface area contributed by atoms with Crippen LogP contribution >= 0.6 is 0 Å². The molecule has 0 spiro atoms. The minimum Gasteiger partial charge on any atom is -0.496 e. The zero-order valence-corrected chi connectivity index (χ0v) is 17.4. The highest BCUT2D eigenvalue weighted by Crippen LogP contribution is 2.27. The number of hydrogen-bond donors (Lipinski definition) is 3. The van der Waals surface area contributed by atoms with Gasteiger partial charge in [0.1, 0.15) is 5.75 Å². The van der Waals surface area contributed by atoms with Crippen molar-refractivity contribution in [2.45, 2.75) is 13.8 Å². The van der Waals surface area contributed by atoms with Gasteiger partial charge in [-0.3, -0.25) is 10.2 Å². The standard InChI is InChI=1S/C23H22N6O2/c1-13-10-16-12-26-28-29(16)14(2)21(13)23(30)27-15-8-9-19(24)18(11-15)22(25)17-6-4-5-7-20(17)31-3/h4-12,25H,24H2,1-3H3,(H,27,30). The van der Waals surface area contributed by atoms with E-state index in [1.807, 2.05) is 32.0 Å². The van der Waals surface area contributed by atoms with Crippen LogP contribution < -0.4 is 15.8 Å². The van der Waals surface area contributed by atoms with Crippen LogP contribution in [0.5, 0.6) is 5.75 Å². The fourth-order valence-corrected chi connectivity index (χ4v) is 3.67. The number of pyridine rings is 1. The monoisotopic (exact) mass is 414 g/mol. The number of aromatic nitrogens is 3. The summed E-state index contributed by atoms with van der Waals surface area (Å²) in [6, 6.07) is 14.2. The maximum Gasteiger partial charge on any atom is 0.257 e. The van der Waals surface area contributed by atoms with Gasteiger partial charge in [-0.1, -0.05) is 17.3 Å². The van der Waals surface area contributed by atoms with Gasteiger partial charge in [0, 0.05) is 22.5 Å². The number of nitrogen functional groups attached to an aromatic ring is 1. The second-order valence-corrected chi connectivity index (χ2v) is 7.19. The van der Waals surface area contributed by atoms with E-state index in [9.17, 15) is 4.79 Å². The summed E-state index contributed by atoms with van der Waals surface area (Å²) in [5, 5.41) is 19.5. The molecule has 0 aliphatic carbocycles. The number of benzene rings is 2. The Morgan fingerprint density at radius 3 is 2.68 bits per heavy atom. The van der Waals surface area contributed by atoms with Crippen molar-refractivity contribution in [3.8, 4) is 5.75 Å². The number of rotatable bonds is 5. The third-order valence-corrected chi connectivity index (χ3v) is 5.20. The number of carbonyl (C=O) groups excluding carboxylic acids is 1. The van der Waals surface area contributed by atoms with Crippen molar-refractivity contribution in [1.82, 2.24) is 14.8 Å². The molecule has 0 unspecified atom stereocenters. The summed E-state index contributed by atoms with van der Waals surface area (Å²) < 4.78 is 7.00. The summed E-state index contributed by atoms with van der Waals surface area (Å²) in [6.07, 6.45) is 1.65. The molecule has 0 radical (unpaired) electrons. The molecule has 4 aromatic rings. The van der Waals surface area contributed by atoms with E-state index >= 15 is 0 Å². The smallest absolute Gasteiger partial charge is 0.257 e. The molecule has 2 aromatic heterocycles. The van der Waals surface area contributed by atoms with Crippen molar-refractivity contribution in [1.29, 1.82) is 5.41 Å². The van der Waals surface area contributed by atoms with E-state index in [-0.39, 0.29) is 11.6 Å². The number of anilines is 2. The molecule has 0 aliphatic rings. The number of nitrogens with one attached hydrogen (secondary N) is 2. The molecule has 1 amide bonds. The van der Waals surface area contributed by atoms with Crippen molar-refractivity contribution in [2.75, 3.05) is 18.2 Å². The summed E-state index contributed by atoms with van der Waals surface area (Å²) in [7, 11) is 1.56. The minimum absolute atomic E-state index is 0.211. The topological polar surface area (TPSA) is 118 Å². The van der Waals surface area contributed by atoms with Crippen molar-refractivity contribution >= 4 is 28.5 Å². The van der Waals surface area contributed by atoms with Crippen LogP contribution in [0.3, 0.4) is 0 Å². The lowest BCUT2D eigenvalue weighted by Gasteiger charge is -2.15. The Morgan fingerprint density at radius 1 is 1.13 bits per heavy atom. The zero-order valence-electron chi connectivity index (χ0n) is 17.4. The number of carbonyl (C=O) groups is 1. The molecule has 8 heteroatoms. The van der Waals surface area contributed by atoms with Gasteiger partial charge < -0.3 is 15.8 Å². The fraction of sp³-hybridized carbons (Fsp3) is 0.130. The van der Waals surface area contributed by atoms with Gasteiger partial charge in [0.25, 0.3) is 5.91 Å². The lowest BCUT2D eigenvalue weighted by Crippen LogP contribution is -2.18. The van der Waals surface area contributed by atoms with E-state index in [4.69, 9.17) is 15.9 Å². The Bertz CT molecular complexity index is 1330. The minimum atomic E-state index is -0.271. The zero-order chi connectivity index (χ0) is 22.1. The van der Waals surface area contributed by atoms with E-state index in [1.54, 1.807) is 48.2 Å². The summed E-state index contributed by atoms with van der Waals surface area (Å²) in [4.78, 5) is 13.1. The molecule has 0 saturated carbocycles. The molecule has 31 heavy (non-hydrogen) atoms. The Balaban J connectivity index is 1.68. The average molecular weight is 414 g/mol. The fourth-order valence-electron chi connectivity index (χ4n) is 3.67. The first-order chi connectivity index (χ1) is 14.9. The second-order valence-electron chi connectivity index (χ2n) is 7.19. The van der Waals surface area contributed by atoms with E-state index < -0.39 is 0 Å². The van der Waals surface area contributed by atoms with Crippen LogP contribution in [0.15, 0.2) is 54.7 Å². The Hall–Kier alpha value is -4.20. The molecule has 0 saturated heterocycles. The molecule has 0 aliphatic heterocycles. The van der Waals surface area contributed by atoms with Crippen LogP contribution in [0.4, 0.5) is 11.4 Å². The number of methoxy groups -OCH3 is 1. The average Bonchev–Trinajstić information content (AvgIpc) is 3.23. The first-order valence-corrected chi connectivity index (χ1v) is 9.64. The number of nitrogens with zero attached hydrogens (tertiary/aromatic N) is 3. The Kier molecular flexibility index (Phi) is 5.12. The second kappa shape index (κ2) is 7.91. The van der Waals surface area contributed by atoms with Gasteiger partial charge in [-0.05, 0) is 55.8 Å². The number of fused-ring (bicyclic) bond motifs is 1. The highest BCUT2D eigenvalue weighted by molar-refractivity contribution is 6.16. The molecular weight excluding hydrogens is 392 g/mol. The Morgan fingerprint density at radius 2 is 1.90 bits per heavy atom. The molecule has 0 bridgehead atoms. The van der Waals surface area contributed by atoms with Crippen LogP contribution in [0.25, 0.3) is 5.52 Å². The lowest BCUT2D eigenvalue weighted by atomic mass is 9.99. The predicted octanol–water partition coefficient (Wildman–Crippen LogP) is 3.61. The van der Waals surface area contributed by atoms with Gasteiger partial charge in [0.05, 0.1) is 35.8 Å². The first kappa shape index (κ1) is 20.1. The molecule has 0 atom stereocenters. The normalized spacial score (nSPS) is 10.8. The Labute approximate surface area is 179 Å². The summed E-state index contributed by atoms with van der Waals surface area (Å²) >= 11 is 0. The number of nitrogens with two attached hydrogens (primary N) is 1. The van der Waals surface area contributed by atoms with Gasteiger partial charge in [0.2, 0.25) is 0 Å². The number of hydrogen-bond acceptors (Lipinski definition) is 6. The van der Waals surface area contributed by atoms with Crippen LogP contribution in [-0.4, -0.2) is 33.6 Å². The van der Waals surface area contributed by atoms with Crippen LogP contribution in [0.2, 0.25) is 0 Å². The van der Waals surface area contributed by atoms with Gasteiger partial charge >= 0.3 is 0 Å². The SMILES string of the molecule is COc1ccccc1C(=N)c1cc(NC(=O)c2c(C)cc3cnnn3c2C)ccc1N. The molecule has 4 N–H and O–H groups in total. The third kappa shape index (κ3) is 3.59. The molecule has 2 aromatic carbocycles. The van der Waals surface area contributed by atoms with Crippen LogP contribution in [0.1, 0.15) is 32.7 Å². The van der Waals surface area contributed by atoms with Crippen LogP contribution in [0, 0.1) is 19.3 Å². The number of ether oxygens (including phenoxy) is 1. The first-order valence-electron chi connectivity index (χ1n) is 9.64. The van der Waals surface area contributed by atoms with Gasteiger partial charge in [-0.25, -0.2) is 4.52 Å². The summed E-state index contributed by atoms with van der Waals surface area (Å²) in [5.74, 6) is 0.306. The third-order valence-electron chi connectivity index (χ3n) is 5.20. The van der Waals surface area contributed by atoms with E-state index in [0.29, 0.717) is 39.5 Å². The quantitative estimate of drug-likeness (QED) is 0.341. The highest BCUT2D eigenvalue weighted by atomic mass is 16.5. The van der Waals surface area contributed by atoms with E-state index in [1.165, 1.54) is 0 Å². The molecule has 156 valence electrons. The lowest BCUT2D eigenvalue weighted by molar-refractivity contribution is 0.102. The summed E-state index contributed by atoms with van der Waals surface area (Å²) in [6.45, 7) is 3.70. The highest BCUT2D eigenvalue weighted by Gasteiger charge is 2.18. The van der Waals surface area contributed by atoms with Crippen LogP contribution in [-0.2, 0) is 0 Å². The van der Waals surface area contributed by atoms with Gasteiger partial charge in [-0.15, -0.1) is 5.10 Å². The van der Waals surface area contributed by atoms with Crippen molar-refractivity contribution in [3.05, 3.63) is 82.7 Å². The van der Waals surface area contributed by atoms with E-state index in [2.05, 4.69) is 15.6 Å². The molecule has 2 heterocycles. The largest absolute Gasteiger partial charge is 0.496 e. The molecule has 4 rings (SSSR count). The molecular formula is C23H22N6O2. The summed E-state index contributed by atoms with van der Waals surface area (Å²) in [5.41, 5.74) is 11.3. The van der Waals surface area contributed by atoms with Gasteiger partial charge in [0.15, 0.2) is 0 Å². The van der Waals surface area contributed by atoms with Crippen molar-refractivity contribution in [2.24, 2.45) is 0 Å². The number of amides is 1. The maximum absolute atomic E-state index is 13.1. The van der Waals surface area contributed by atoms with E-state index in [0.717, 1.165) is 11.1 Å². The molecule has 8 nitrogen and oxygen atoms in total. The number of para-hydroxylation sites is 1. The predicted molar refractivity (Wildman–Crippen MR) is 120 cm³/mol. The van der Waals surface area contributed by atoms with Crippen molar-refractivity contribution < 1.29 is 9.53 Å². The maximum atomic E-state index is 13.1.